The fraction of sp³-hybridized carbons (Fsp3) is 1.00. The molecule has 80 valence electrons. The monoisotopic (exact) mass is 250 g/mol. The van der Waals surface area contributed by atoms with Gasteiger partial charge in [-0.25, -0.2) is 0 Å². The lowest BCUT2D eigenvalue weighted by molar-refractivity contribution is 0.164. The number of rotatable bonds is 7. The molecule has 0 rings (SSSR count). The Labute approximate surface area is 91.4 Å². The Morgan fingerprint density at radius 1 is 1.23 bits per heavy atom. The van der Waals surface area contributed by atoms with Crippen molar-refractivity contribution in [2.45, 2.75) is 33.6 Å². The first-order chi connectivity index (χ1) is 6.11. The van der Waals surface area contributed by atoms with Gasteiger partial charge in [-0.15, -0.1) is 0 Å². The van der Waals surface area contributed by atoms with Gasteiger partial charge in [-0.2, -0.15) is 0 Å². The highest BCUT2D eigenvalue weighted by Crippen LogP contribution is 2.24. The van der Waals surface area contributed by atoms with Gasteiger partial charge < -0.3 is 4.74 Å². The van der Waals surface area contributed by atoms with E-state index in [0.717, 1.165) is 29.7 Å². The number of halogens is 1. The Hall–Kier alpha value is 0.440. The van der Waals surface area contributed by atoms with Crippen LogP contribution in [0, 0.1) is 17.8 Å². The third kappa shape index (κ3) is 6.50. The number of hydrogen-bond acceptors (Lipinski definition) is 1. The smallest absolute Gasteiger partial charge is 0.0464 e. The Morgan fingerprint density at radius 2 is 1.85 bits per heavy atom. The normalized spacial score (nSPS) is 16.2. The molecule has 0 aliphatic carbocycles. The first-order valence-electron chi connectivity index (χ1n) is 5.16. The van der Waals surface area contributed by atoms with E-state index in [4.69, 9.17) is 4.74 Å². The van der Waals surface area contributed by atoms with Gasteiger partial charge in [0.15, 0.2) is 0 Å². The SMILES string of the molecule is COCCC(C)C(CBr)CC(C)C. The highest BCUT2D eigenvalue weighted by molar-refractivity contribution is 9.09. The van der Waals surface area contributed by atoms with Crippen molar-refractivity contribution in [1.29, 1.82) is 0 Å². The molecule has 0 N–H and O–H groups in total. The molecule has 1 nitrogen and oxygen atoms in total. The zero-order chi connectivity index (χ0) is 10.3. The minimum Gasteiger partial charge on any atom is -0.385 e. The molecule has 0 saturated carbocycles. The van der Waals surface area contributed by atoms with E-state index in [9.17, 15) is 0 Å². The maximum Gasteiger partial charge on any atom is 0.0464 e. The van der Waals surface area contributed by atoms with Crippen LogP contribution in [-0.2, 0) is 4.74 Å². The lowest BCUT2D eigenvalue weighted by Gasteiger charge is -2.23. The summed E-state index contributed by atoms with van der Waals surface area (Å²) in [5.41, 5.74) is 0. The Morgan fingerprint density at radius 3 is 2.23 bits per heavy atom. The van der Waals surface area contributed by atoms with Gasteiger partial charge in [0.05, 0.1) is 0 Å². The summed E-state index contributed by atoms with van der Waals surface area (Å²) in [4.78, 5) is 0. The molecule has 0 aliphatic rings. The molecule has 2 atom stereocenters. The van der Waals surface area contributed by atoms with Gasteiger partial charge in [-0.3, -0.25) is 0 Å². The van der Waals surface area contributed by atoms with Crippen LogP contribution in [-0.4, -0.2) is 19.0 Å². The Kier molecular flexibility index (Phi) is 8.07. The Bertz CT molecular complexity index is 115. The molecule has 0 amide bonds. The summed E-state index contributed by atoms with van der Waals surface area (Å²) in [6.45, 7) is 7.80. The van der Waals surface area contributed by atoms with Gasteiger partial charge in [-0.05, 0) is 30.6 Å². The van der Waals surface area contributed by atoms with Crippen LogP contribution in [0.25, 0.3) is 0 Å². The topological polar surface area (TPSA) is 9.23 Å². The summed E-state index contributed by atoms with van der Waals surface area (Å²) in [5, 5.41) is 1.12. The highest BCUT2D eigenvalue weighted by Gasteiger charge is 2.16. The summed E-state index contributed by atoms with van der Waals surface area (Å²) in [6.07, 6.45) is 2.50. The van der Waals surface area contributed by atoms with Crippen molar-refractivity contribution in [1.82, 2.24) is 0 Å². The minimum atomic E-state index is 0.765. The number of ether oxygens (including phenoxy) is 1. The van der Waals surface area contributed by atoms with E-state index in [1.807, 2.05) is 0 Å². The molecule has 0 heterocycles. The molecular weight excluding hydrogens is 228 g/mol. The van der Waals surface area contributed by atoms with Crippen LogP contribution in [0.4, 0.5) is 0 Å². The predicted molar refractivity (Wildman–Crippen MR) is 62.4 cm³/mol. The average molecular weight is 251 g/mol. The Balaban J connectivity index is 3.77. The summed E-state index contributed by atoms with van der Waals surface area (Å²) in [7, 11) is 1.78. The second-order valence-electron chi connectivity index (χ2n) is 4.30. The van der Waals surface area contributed by atoms with E-state index >= 15 is 0 Å². The van der Waals surface area contributed by atoms with Crippen molar-refractivity contribution in [3.05, 3.63) is 0 Å². The standard InChI is InChI=1S/C11H23BrO/c1-9(2)7-11(8-12)10(3)5-6-13-4/h9-11H,5-8H2,1-4H3. The van der Waals surface area contributed by atoms with E-state index < -0.39 is 0 Å². The van der Waals surface area contributed by atoms with Gasteiger partial charge in [0.25, 0.3) is 0 Å². The van der Waals surface area contributed by atoms with Gasteiger partial charge in [0.1, 0.15) is 0 Å². The minimum absolute atomic E-state index is 0.765. The van der Waals surface area contributed by atoms with E-state index in [-0.39, 0.29) is 0 Å². The second kappa shape index (κ2) is 7.81. The molecule has 0 aromatic rings. The molecule has 0 aliphatic heterocycles. The molecule has 0 aromatic heterocycles. The molecule has 13 heavy (non-hydrogen) atoms. The van der Waals surface area contributed by atoms with E-state index in [1.165, 1.54) is 12.8 Å². The lowest BCUT2D eigenvalue weighted by Crippen LogP contribution is -2.17. The van der Waals surface area contributed by atoms with Gasteiger partial charge >= 0.3 is 0 Å². The molecule has 0 radical (unpaired) electrons. The van der Waals surface area contributed by atoms with E-state index in [1.54, 1.807) is 7.11 Å². The van der Waals surface area contributed by atoms with Crippen molar-refractivity contribution in [3.8, 4) is 0 Å². The number of alkyl halides is 1. The molecule has 0 saturated heterocycles. The van der Waals surface area contributed by atoms with Gasteiger partial charge in [0.2, 0.25) is 0 Å². The van der Waals surface area contributed by atoms with Crippen LogP contribution < -0.4 is 0 Å². The van der Waals surface area contributed by atoms with Crippen LogP contribution in [0.15, 0.2) is 0 Å². The molecule has 2 unspecified atom stereocenters. The first kappa shape index (κ1) is 13.4. The van der Waals surface area contributed by atoms with Crippen molar-refractivity contribution in [2.24, 2.45) is 17.8 Å². The van der Waals surface area contributed by atoms with Crippen molar-refractivity contribution < 1.29 is 4.74 Å². The number of hydrogen-bond donors (Lipinski definition) is 0. The molecule has 0 spiro atoms. The van der Waals surface area contributed by atoms with Crippen molar-refractivity contribution in [3.63, 3.8) is 0 Å². The molecule has 0 bridgehead atoms. The summed E-state index contributed by atoms with van der Waals surface area (Å²) in [6, 6.07) is 0. The fourth-order valence-corrected chi connectivity index (χ4v) is 2.49. The average Bonchev–Trinajstić information content (AvgIpc) is 2.09. The van der Waals surface area contributed by atoms with E-state index in [0.29, 0.717) is 0 Å². The summed E-state index contributed by atoms with van der Waals surface area (Å²) in [5.74, 6) is 2.37. The zero-order valence-corrected chi connectivity index (χ0v) is 10.9. The molecule has 0 aromatic carbocycles. The molecule has 0 fully saturated rings. The number of methoxy groups -OCH3 is 1. The third-order valence-corrected chi connectivity index (χ3v) is 3.39. The summed E-state index contributed by atoms with van der Waals surface area (Å²) < 4.78 is 5.10. The quantitative estimate of drug-likeness (QED) is 0.627. The second-order valence-corrected chi connectivity index (χ2v) is 4.95. The first-order valence-corrected chi connectivity index (χ1v) is 6.28. The van der Waals surface area contributed by atoms with E-state index in [2.05, 4.69) is 36.7 Å². The van der Waals surface area contributed by atoms with Crippen LogP contribution in [0.1, 0.15) is 33.6 Å². The van der Waals surface area contributed by atoms with Crippen molar-refractivity contribution in [2.75, 3.05) is 19.0 Å². The van der Waals surface area contributed by atoms with Crippen LogP contribution in [0.2, 0.25) is 0 Å². The summed E-state index contributed by atoms with van der Waals surface area (Å²) >= 11 is 3.60. The molecular formula is C11H23BrO. The van der Waals surface area contributed by atoms with Gasteiger partial charge in [-0.1, -0.05) is 36.7 Å². The largest absolute Gasteiger partial charge is 0.385 e. The maximum absolute atomic E-state index is 5.10. The van der Waals surface area contributed by atoms with Crippen LogP contribution in [0.5, 0.6) is 0 Å². The van der Waals surface area contributed by atoms with Crippen LogP contribution >= 0.6 is 15.9 Å². The third-order valence-electron chi connectivity index (χ3n) is 2.55. The molecule has 2 heteroatoms. The van der Waals surface area contributed by atoms with Crippen LogP contribution in [0.3, 0.4) is 0 Å². The lowest BCUT2D eigenvalue weighted by atomic mass is 9.86. The fourth-order valence-electron chi connectivity index (χ4n) is 1.59. The zero-order valence-electron chi connectivity index (χ0n) is 9.35. The predicted octanol–water partition coefficient (Wildman–Crippen LogP) is 3.72. The van der Waals surface area contributed by atoms with Crippen molar-refractivity contribution >= 4 is 15.9 Å². The van der Waals surface area contributed by atoms with Gasteiger partial charge in [0, 0.05) is 19.0 Å². The maximum atomic E-state index is 5.10. The highest BCUT2D eigenvalue weighted by atomic mass is 79.9.